The molecule has 546 valence electrons. The minimum atomic E-state index is -1.05. The first-order valence-corrected chi connectivity index (χ1v) is 37.1. The highest BCUT2D eigenvalue weighted by molar-refractivity contribution is 5.98. The molecule has 5 amide bonds. The zero-order valence-corrected chi connectivity index (χ0v) is 61.4. The van der Waals surface area contributed by atoms with Gasteiger partial charge in [-0.15, -0.1) is 10.2 Å². The van der Waals surface area contributed by atoms with E-state index < -0.39 is 22.2 Å². The third-order valence-electron chi connectivity index (χ3n) is 22.7. The lowest BCUT2D eigenvalue weighted by atomic mass is 9.54. The summed E-state index contributed by atoms with van der Waals surface area (Å²) in [6, 6.07) is 0.739. The van der Waals surface area contributed by atoms with Crippen LogP contribution in [0.3, 0.4) is 0 Å². The van der Waals surface area contributed by atoms with Crippen molar-refractivity contribution in [2.75, 3.05) is 19.8 Å². The monoisotopic (exact) mass is 1380 g/mol. The molecule has 6 N–H and O–H groups in total. The Balaban J connectivity index is 0.000000152. The van der Waals surface area contributed by atoms with Crippen LogP contribution in [0.2, 0.25) is 0 Å². The van der Waals surface area contributed by atoms with E-state index in [2.05, 4.69) is 66.1 Å². The zero-order valence-electron chi connectivity index (χ0n) is 61.4. The first-order chi connectivity index (χ1) is 47.4. The number of aryl methyl sites for hydroxylation is 1. The molecular formula is C76H111N13O11. The number of rotatable bonds is 24. The van der Waals surface area contributed by atoms with Crippen molar-refractivity contribution < 1.29 is 52.5 Å². The molecule has 12 saturated carbocycles. The Morgan fingerprint density at radius 1 is 0.490 bits per heavy atom. The van der Waals surface area contributed by atoms with Gasteiger partial charge in [0.2, 0.25) is 41.2 Å². The van der Waals surface area contributed by atoms with Gasteiger partial charge in [0.25, 0.3) is 17.7 Å². The van der Waals surface area contributed by atoms with E-state index in [0.29, 0.717) is 107 Å². The molecule has 0 aromatic carbocycles. The lowest BCUT2D eigenvalue weighted by Crippen LogP contribution is -2.55. The molecule has 24 heteroatoms. The number of aromatic nitrogens is 8. The largest absolute Gasteiger partial charge is 0.481 e. The minimum absolute atomic E-state index is 0.0809. The molecule has 4 aromatic rings. The molecule has 0 spiro atoms. The molecule has 0 radical (unpaired) electrons. The van der Waals surface area contributed by atoms with Gasteiger partial charge in [0.05, 0.1) is 54.7 Å². The number of hydrogen-bond donors (Lipinski definition) is 6. The quantitative estimate of drug-likeness (QED) is 0.0355. The van der Waals surface area contributed by atoms with E-state index in [4.69, 9.17) is 18.6 Å². The predicted molar refractivity (Wildman–Crippen MR) is 378 cm³/mol. The fraction of sp³-hybridized carbons (Fsp3) is 0.697. The van der Waals surface area contributed by atoms with Gasteiger partial charge in [0.15, 0.2) is 0 Å². The molecule has 4 aromatic heterocycles. The number of carboxylic acid groups (broad SMARTS) is 1. The van der Waals surface area contributed by atoms with Crippen molar-refractivity contribution in [3.8, 4) is 17.6 Å². The summed E-state index contributed by atoms with van der Waals surface area (Å²) in [4.78, 5) is 75.1. The Kier molecular flexibility index (Phi) is 22.3. The van der Waals surface area contributed by atoms with E-state index in [1.54, 1.807) is 70.0 Å². The van der Waals surface area contributed by atoms with E-state index >= 15 is 0 Å². The summed E-state index contributed by atoms with van der Waals surface area (Å²) in [6.07, 6.45) is 33.9. The second-order valence-electron chi connectivity index (χ2n) is 34.0. The fourth-order valence-electron chi connectivity index (χ4n) is 18.0. The van der Waals surface area contributed by atoms with Crippen LogP contribution >= 0.6 is 0 Å². The van der Waals surface area contributed by atoms with Gasteiger partial charge in [-0.3, -0.25) is 39.6 Å². The van der Waals surface area contributed by atoms with Crippen molar-refractivity contribution in [3.63, 3.8) is 0 Å². The SMILES string of the molecule is CC(=O)NNC(=O)C(C)(C)/C=C/n1ncc(C(=O)NC2C3CC4CC(C3)CC2C4)c1OCC(C)C.CC(C)COc1c(C(=O)NC2C3CC4CC(C3)CC2C4)cnn1/C=C/C(C)(C)C(=O)O.Cc1nnc(C(C)(C)/C=C/n2ncc(C(=O)NC3C4CC5CC(C4)CC3C5)c2OCC(C)C)o1. The van der Waals surface area contributed by atoms with Crippen molar-refractivity contribution in [3.05, 3.63) is 65.3 Å². The molecule has 4 heterocycles. The van der Waals surface area contributed by atoms with Crippen LogP contribution < -0.4 is 41.0 Å². The molecule has 0 aliphatic heterocycles. The van der Waals surface area contributed by atoms with E-state index in [-0.39, 0.29) is 59.5 Å². The van der Waals surface area contributed by atoms with Crippen LogP contribution in [0.15, 0.2) is 41.2 Å². The highest BCUT2D eigenvalue weighted by Gasteiger charge is 2.52. The predicted octanol–water partition coefficient (Wildman–Crippen LogP) is 11.8. The Morgan fingerprint density at radius 3 is 1.08 bits per heavy atom. The number of ether oxygens (including phenoxy) is 3. The summed E-state index contributed by atoms with van der Waals surface area (Å²) >= 11 is 0. The van der Waals surface area contributed by atoms with E-state index in [9.17, 15) is 33.9 Å². The topological polar surface area (TPSA) is 303 Å². The maximum atomic E-state index is 13.4. The zero-order chi connectivity index (χ0) is 71.7. The average Bonchev–Trinajstić information content (AvgIpc) is 0.930. The van der Waals surface area contributed by atoms with Crippen LogP contribution in [-0.2, 0) is 19.8 Å². The van der Waals surface area contributed by atoms with Gasteiger partial charge < -0.3 is 39.7 Å². The van der Waals surface area contributed by atoms with Gasteiger partial charge >= 0.3 is 5.97 Å². The van der Waals surface area contributed by atoms with Crippen molar-refractivity contribution in [1.29, 1.82) is 0 Å². The first kappa shape index (κ1) is 73.4. The minimum Gasteiger partial charge on any atom is -0.481 e. The molecular weight excluding hydrogens is 1270 g/mol. The normalized spacial score (nSPS) is 28.4. The summed E-state index contributed by atoms with van der Waals surface area (Å²) < 4.78 is 28.3. The number of nitrogens with zero attached hydrogens (tertiary/aromatic N) is 8. The number of amides is 5. The molecule has 24 nitrogen and oxygen atoms in total. The number of nitrogens with one attached hydrogen (secondary N) is 5. The van der Waals surface area contributed by atoms with Gasteiger partial charge in [-0.05, 0) is 233 Å². The maximum Gasteiger partial charge on any atom is 0.312 e. The summed E-state index contributed by atoms with van der Waals surface area (Å²) in [5, 5.41) is 40.7. The Labute approximate surface area is 589 Å². The van der Waals surface area contributed by atoms with E-state index in [1.807, 2.05) is 53.8 Å². The van der Waals surface area contributed by atoms with Gasteiger partial charge in [0.1, 0.15) is 16.7 Å². The van der Waals surface area contributed by atoms with Gasteiger partial charge in [-0.2, -0.15) is 15.3 Å². The molecule has 0 saturated heterocycles. The number of carbonyl (C=O) groups is 6. The Morgan fingerprint density at radius 2 is 0.800 bits per heavy atom. The van der Waals surface area contributed by atoms with Crippen LogP contribution in [-0.4, -0.2) is 118 Å². The number of carboxylic acids is 1. The molecule has 12 aliphatic rings. The van der Waals surface area contributed by atoms with Crippen molar-refractivity contribution in [1.82, 2.24) is 66.3 Å². The van der Waals surface area contributed by atoms with Crippen LogP contribution in [0.1, 0.15) is 229 Å². The van der Waals surface area contributed by atoms with E-state index in [1.165, 1.54) is 125 Å². The Hall–Kier alpha value is -7.79. The van der Waals surface area contributed by atoms with Crippen LogP contribution in [0, 0.1) is 107 Å². The molecule has 12 bridgehead atoms. The van der Waals surface area contributed by atoms with Gasteiger partial charge in [-0.25, -0.2) is 14.0 Å². The second-order valence-corrected chi connectivity index (χ2v) is 34.0. The van der Waals surface area contributed by atoms with Gasteiger partial charge in [0, 0.05) is 50.6 Å². The summed E-state index contributed by atoms with van der Waals surface area (Å²) in [5.41, 5.74) is 3.52. The first-order valence-electron chi connectivity index (χ1n) is 37.1. The molecule has 12 fully saturated rings. The summed E-state index contributed by atoms with van der Waals surface area (Å²) in [7, 11) is 0. The molecule has 0 atom stereocenters. The van der Waals surface area contributed by atoms with Crippen molar-refractivity contribution in [2.45, 2.75) is 217 Å². The number of hydrogen-bond acceptors (Lipinski definition) is 15. The number of allylic oxidation sites excluding steroid dienone is 1. The molecule has 12 aliphatic carbocycles. The van der Waals surface area contributed by atoms with Crippen molar-refractivity contribution in [2.24, 2.45) is 99.6 Å². The summed E-state index contributed by atoms with van der Waals surface area (Å²) in [6.45, 7) is 27.5. The number of aliphatic carboxylic acids is 1. The van der Waals surface area contributed by atoms with E-state index in [0.717, 1.165) is 35.5 Å². The van der Waals surface area contributed by atoms with Crippen molar-refractivity contribution >= 4 is 54.1 Å². The Bertz CT molecular complexity index is 3590. The highest BCUT2D eigenvalue weighted by atomic mass is 16.5. The number of hydrazine groups is 1. The molecule has 100 heavy (non-hydrogen) atoms. The van der Waals surface area contributed by atoms with Crippen LogP contribution in [0.25, 0.3) is 18.6 Å². The standard InChI is InChI=1S/C26H39N5O4.C26H37N5O3.C24H35N3O4/c1-15(2)14-35-24-21(13-27-31(24)7-6-26(4,5)25(34)30-29-16(3)32)23(33)28-22-19-9-17-8-18(11-19)12-20(22)10-17;1-15(2)14-33-24-21(13-27-31(24)7-6-26(4,5)25-30-29-16(3)34-25)23(32)28-22-19-9-17-8-18(11-19)12-20(22)10-17;1-14(2)13-31-22-19(12-25-27(22)6-5-24(3,4)23(29)30)21(28)26-20-17-8-15-7-16(10-17)11-18(20)9-15/h6-7,13,15,17-20,22H,8-12,14H2,1-5H3,(H,28,33)(H,29,32)(H,30,34);6-7,13,15,17-20,22H,8-12,14H2,1-5H3,(H,28,32);5-6,12,14-18,20H,7-11,13H2,1-4H3,(H,26,28)(H,29,30)/b2*7-6+;6-5+. The van der Waals surface area contributed by atoms with Gasteiger partial charge in [-0.1, -0.05) is 53.7 Å². The molecule has 0 unspecified atom stereocenters. The number of carbonyl (C=O) groups excluding carboxylic acids is 5. The third kappa shape index (κ3) is 17.2. The second kappa shape index (κ2) is 30.4. The smallest absolute Gasteiger partial charge is 0.312 e. The average molecular weight is 1380 g/mol. The fourth-order valence-corrected chi connectivity index (χ4v) is 18.0. The lowest BCUT2D eigenvalue weighted by Gasteiger charge is -2.54. The summed E-state index contributed by atoms with van der Waals surface area (Å²) in [5.74, 6) is 9.81. The third-order valence-corrected chi connectivity index (χ3v) is 22.7. The molecule has 16 rings (SSSR count). The highest BCUT2D eigenvalue weighted by Crippen LogP contribution is 2.56. The van der Waals surface area contributed by atoms with Crippen LogP contribution in [0.4, 0.5) is 0 Å². The van der Waals surface area contributed by atoms with Crippen LogP contribution in [0.5, 0.6) is 17.6 Å². The maximum absolute atomic E-state index is 13.4. The lowest BCUT2D eigenvalue weighted by molar-refractivity contribution is -0.144.